The maximum atomic E-state index is 12.4. The molecule has 4 heteroatoms. The molecule has 1 nitrogen and oxygen atoms in total. The van der Waals surface area contributed by atoms with E-state index in [-0.39, 0.29) is 5.75 Å². The third-order valence-corrected chi connectivity index (χ3v) is 6.18. The largest absolute Gasteiger partial charge is 0.573 e. The molecule has 2 aromatic rings. The zero-order valence-electron chi connectivity index (χ0n) is 17.9. The van der Waals surface area contributed by atoms with E-state index in [1.54, 1.807) is 12.1 Å². The first-order valence-corrected chi connectivity index (χ1v) is 11.4. The van der Waals surface area contributed by atoms with Gasteiger partial charge in [-0.3, -0.25) is 0 Å². The first-order valence-electron chi connectivity index (χ1n) is 11.4. The molecule has 0 bridgehead atoms. The Hall–Kier alpha value is -1.97. The van der Waals surface area contributed by atoms with E-state index in [0.717, 1.165) is 37.7 Å². The number of unbranched alkanes of at least 4 members (excludes halogenated alkanes) is 4. The quantitative estimate of drug-likeness (QED) is 0.357. The van der Waals surface area contributed by atoms with Crippen molar-refractivity contribution in [2.24, 2.45) is 5.92 Å². The second-order valence-corrected chi connectivity index (χ2v) is 8.61. The van der Waals surface area contributed by atoms with Crippen molar-refractivity contribution >= 4 is 0 Å². The molecule has 1 atom stereocenters. The first kappa shape index (κ1) is 22.7. The van der Waals surface area contributed by atoms with Crippen LogP contribution in [0.3, 0.4) is 0 Å². The average molecular weight is 419 g/mol. The summed E-state index contributed by atoms with van der Waals surface area (Å²) in [5.41, 5.74) is 4.97. The monoisotopic (exact) mass is 418 g/mol. The van der Waals surface area contributed by atoms with E-state index in [2.05, 4.69) is 35.9 Å². The highest BCUT2D eigenvalue weighted by Crippen LogP contribution is 2.32. The topological polar surface area (TPSA) is 9.23 Å². The van der Waals surface area contributed by atoms with Crippen LogP contribution in [0.25, 0.3) is 0 Å². The van der Waals surface area contributed by atoms with E-state index in [9.17, 15) is 13.2 Å². The maximum absolute atomic E-state index is 12.4. The predicted octanol–water partition coefficient (Wildman–Crippen LogP) is 7.84. The zero-order valence-corrected chi connectivity index (χ0v) is 17.9. The van der Waals surface area contributed by atoms with Crippen molar-refractivity contribution in [2.45, 2.75) is 83.9 Å². The Morgan fingerprint density at radius 1 is 0.867 bits per heavy atom. The van der Waals surface area contributed by atoms with E-state index < -0.39 is 6.36 Å². The number of fused-ring (bicyclic) bond motifs is 1. The summed E-state index contributed by atoms with van der Waals surface area (Å²) in [6.45, 7) is 2.24. The lowest BCUT2D eigenvalue weighted by Crippen LogP contribution is -2.18. The van der Waals surface area contributed by atoms with Crippen LogP contribution in [0, 0.1) is 5.92 Å². The Kier molecular flexibility index (Phi) is 8.24. The van der Waals surface area contributed by atoms with Crippen molar-refractivity contribution in [2.75, 3.05) is 0 Å². The highest BCUT2D eigenvalue weighted by Gasteiger charge is 2.31. The number of alkyl halides is 3. The van der Waals surface area contributed by atoms with Crippen LogP contribution in [0.1, 0.15) is 74.1 Å². The minimum absolute atomic E-state index is 0.106. The third-order valence-electron chi connectivity index (χ3n) is 6.18. The molecular weight excluding hydrogens is 385 g/mol. The van der Waals surface area contributed by atoms with Gasteiger partial charge in [0.25, 0.3) is 0 Å². The normalized spacial score (nSPS) is 16.3. The van der Waals surface area contributed by atoms with Gasteiger partial charge in [0.2, 0.25) is 0 Å². The Morgan fingerprint density at radius 3 is 2.27 bits per heavy atom. The van der Waals surface area contributed by atoms with Crippen LogP contribution in [0.5, 0.6) is 5.75 Å². The lowest BCUT2D eigenvalue weighted by Gasteiger charge is -2.25. The summed E-state index contributed by atoms with van der Waals surface area (Å²) in [5.74, 6) is 0.482. The summed E-state index contributed by atoms with van der Waals surface area (Å²) in [6.07, 6.45) is 8.08. The molecular formula is C26H33F3O. The van der Waals surface area contributed by atoms with Gasteiger partial charge in [-0.1, -0.05) is 62.9 Å². The van der Waals surface area contributed by atoms with Gasteiger partial charge in [-0.15, -0.1) is 13.2 Å². The Morgan fingerprint density at radius 2 is 1.57 bits per heavy atom. The van der Waals surface area contributed by atoms with Crippen molar-refractivity contribution in [1.82, 2.24) is 0 Å². The van der Waals surface area contributed by atoms with Crippen LogP contribution in [-0.4, -0.2) is 6.36 Å². The second-order valence-electron chi connectivity index (χ2n) is 8.61. The van der Waals surface area contributed by atoms with Crippen LogP contribution in [0.4, 0.5) is 13.2 Å². The molecule has 3 rings (SSSR count). The summed E-state index contributed by atoms with van der Waals surface area (Å²) in [7, 11) is 0. The van der Waals surface area contributed by atoms with Crippen molar-refractivity contribution in [3.63, 3.8) is 0 Å². The van der Waals surface area contributed by atoms with Crippen molar-refractivity contribution < 1.29 is 17.9 Å². The minimum atomic E-state index is -4.63. The van der Waals surface area contributed by atoms with Crippen LogP contribution in [0.15, 0.2) is 42.5 Å². The summed E-state index contributed by atoms with van der Waals surface area (Å²) >= 11 is 0. The van der Waals surface area contributed by atoms with E-state index >= 15 is 0 Å². The lowest BCUT2D eigenvalue weighted by molar-refractivity contribution is -0.274. The standard InChI is InChI=1S/C26H33F3O/c1-2-3-4-5-6-7-20-8-10-21(11-9-20)12-13-22-14-15-24-19-25(30-26(27,28)29)17-16-23(24)18-22/h8-11,16-17,19,22H,2-7,12-15,18H2,1H3. The Labute approximate surface area is 178 Å². The molecule has 0 amide bonds. The average Bonchev–Trinajstić information content (AvgIpc) is 2.72. The number of hydrogen-bond acceptors (Lipinski definition) is 1. The van der Waals surface area contributed by atoms with Crippen molar-refractivity contribution in [3.8, 4) is 5.75 Å². The van der Waals surface area contributed by atoms with E-state index in [1.165, 1.54) is 61.3 Å². The molecule has 0 aliphatic heterocycles. The molecule has 0 aromatic heterocycles. The molecule has 0 saturated carbocycles. The van der Waals surface area contributed by atoms with Crippen molar-refractivity contribution in [3.05, 3.63) is 64.7 Å². The van der Waals surface area contributed by atoms with Gasteiger partial charge in [0.1, 0.15) is 5.75 Å². The number of benzene rings is 2. The number of hydrogen-bond donors (Lipinski definition) is 0. The van der Waals surface area contributed by atoms with Gasteiger partial charge in [0, 0.05) is 0 Å². The molecule has 164 valence electrons. The van der Waals surface area contributed by atoms with Crippen molar-refractivity contribution in [1.29, 1.82) is 0 Å². The predicted molar refractivity (Wildman–Crippen MR) is 116 cm³/mol. The number of rotatable bonds is 10. The van der Waals surface area contributed by atoms with Gasteiger partial charge in [-0.2, -0.15) is 0 Å². The highest BCUT2D eigenvalue weighted by atomic mass is 19.4. The summed E-state index contributed by atoms with van der Waals surface area (Å²) in [4.78, 5) is 0. The Bertz CT molecular complexity index is 780. The third kappa shape index (κ3) is 7.37. The van der Waals surface area contributed by atoms with Gasteiger partial charge >= 0.3 is 6.36 Å². The molecule has 1 aliphatic carbocycles. The van der Waals surface area contributed by atoms with Crippen LogP contribution < -0.4 is 4.74 Å². The number of aryl methyl sites for hydroxylation is 3. The summed E-state index contributed by atoms with van der Waals surface area (Å²) < 4.78 is 41.3. The van der Waals surface area contributed by atoms with Crippen LogP contribution in [0.2, 0.25) is 0 Å². The molecule has 0 N–H and O–H groups in total. The molecule has 1 aliphatic rings. The number of ether oxygens (including phenoxy) is 1. The van der Waals surface area contributed by atoms with Gasteiger partial charge in [0.05, 0.1) is 0 Å². The van der Waals surface area contributed by atoms with Crippen LogP contribution >= 0.6 is 0 Å². The molecule has 0 fully saturated rings. The minimum Gasteiger partial charge on any atom is -0.406 e. The van der Waals surface area contributed by atoms with Gasteiger partial charge in [-0.05, 0) is 85.3 Å². The summed E-state index contributed by atoms with van der Waals surface area (Å²) in [6, 6.07) is 13.9. The zero-order chi connectivity index (χ0) is 21.4. The van der Waals surface area contributed by atoms with Gasteiger partial charge in [-0.25, -0.2) is 0 Å². The fourth-order valence-corrected chi connectivity index (χ4v) is 4.43. The fraction of sp³-hybridized carbons (Fsp3) is 0.538. The van der Waals surface area contributed by atoms with E-state index in [0.29, 0.717) is 5.92 Å². The highest BCUT2D eigenvalue weighted by molar-refractivity contribution is 5.37. The molecule has 1 unspecified atom stereocenters. The second kappa shape index (κ2) is 10.9. The molecule has 0 radical (unpaired) electrons. The number of halogens is 3. The van der Waals surface area contributed by atoms with E-state index in [4.69, 9.17) is 0 Å². The SMILES string of the molecule is CCCCCCCc1ccc(CCC2CCc3cc(OC(F)(F)F)ccc3C2)cc1. The van der Waals surface area contributed by atoms with E-state index in [1.807, 2.05) is 0 Å². The molecule has 0 spiro atoms. The van der Waals surface area contributed by atoms with Crippen LogP contribution in [-0.2, 0) is 25.7 Å². The van der Waals surface area contributed by atoms with Gasteiger partial charge < -0.3 is 4.74 Å². The maximum Gasteiger partial charge on any atom is 0.573 e. The Balaban J connectivity index is 1.44. The fourth-order valence-electron chi connectivity index (χ4n) is 4.43. The molecule has 30 heavy (non-hydrogen) atoms. The smallest absolute Gasteiger partial charge is 0.406 e. The molecule has 2 aromatic carbocycles. The summed E-state index contributed by atoms with van der Waals surface area (Å²) in [5, 5.41) is 0. The molecule has 0 saturated heterocycles. The first-order chi connectivity index (χ1) is 14.4. The van der Waals surface area contributed by atoms with Gasteiger partial charge in [0.15, 0.2) is 0 Å². The lowest BCUT2D eigenvalue weighted by atomic mass is 9.81. The molecule has 0 heterocycles.